The van der Waals surface area contributed by atoms with Crippen LogP contribution in [0.1, 0.15) is 65.8 Å². The number of hydrogen-bond donors (Lipinski definition) is 1. The standard InChI is InChI=1S/C30H27NO8S/c1-4-37-29(35)26-18(3)27(30(36)38-5-2)40-25(26)15-23(32)22(16-31)14-21-8-6-7-9-24(21)39-17-19-10-12-20(13-11-19)28(33)34/h6-14H,4-5,15,17H2,1-3H3,(H,33,34)/b22-14+. The van der Waals surface area contributed by atoms with E-state index < -0.39 is 23.7 Å². The molecule has 40 heavy (non-hydrogen) atoms. The van der Waals surface area contributed by atoms with Crippen LogP contribution in [0.3, 0.4) is 0 Å². The maximum absolute atomic E-state index is 13.2. The number of Topliss-reactive ketones (excluding diaryl/α,β-unsaturated/α-hetero) is 1. The number of rotatable bonds is 12. The number of hydrogen-bond acceptors (Lipinski definition) is 9. The van der Waals surface area contributed by atoms with Crippen molar-refractivity contribution in [2.45, 2.75) is 33.8 Å². The van der Waals surface area contributed by atoms with Gasteiger partial charge in [-0.15, -0.1) is 11.3 Å². The lowest BCUT2D eigenvalue weighted by molar-refractivity contribution is -0.114. The number of nitriles is 1. The number of ketones is 1. The first-order valence-corrected chi connectivity index (χ1v) is 13.2. The first kappa shape index (κ1) is 29.8. The number of carboxylic acids is 1. The summed E-state index contributed by atoms with van der Waals surface area (Å²) in [5.41, 5.74) is 1.69. The van der Waals surface area contributed by atoms with Crippen LogP contribution in [0.2, 0.25) is 0 Å². The second-order valence-corrected chi connectivity index (χ2v) is 9.50. The molecule has 9 nitrogen and oxygen atoms in total. The third kappa shape index (κ3) is 7.21. The summed E-state index contributed by atoms with van der Waals surface area (Å²) in [5.74, 6) is -2.43. The van der Waals surface area contributed by atoms with Gasteiger partial charge in [0.15, 0.2) is 5.78 Å². The molecule has 3 aromatic rings. The van der Waals surface area contributed by atoms with Crippen molar-refractivity contribution in [2.75, 3.05) is 13.2 Å². The average molecular weight is 562 g/mol. The highest BCUT2D eigenvalue weighted by molar-refractivity contribution is 7.14. The molecule has 0 amide bonds. The molecule has 0 bridgehead atoms. The molecule has 0 aliphatic rings. The molecule has 10 heteroatoms. The summed E-state index contributed by atoms with van der Waals surface area (Å²) in [6.07, 6.45) is 1.11. The Balaban J connectivity index is 1.87. The molecule has 0 aliphatic heterocycles. The minimum Gasteiger partial charge on any atom is -0.488 e. The van der Waals surface area contributed by atoms with Gasteiger partial charge in [-0.25, -0.2) is 14.4 Å². The number of para-hydroxylation sites is 1. The van der Waals surface area contributed by atoms with E-state index in [0.717, 1.165) is 16.9 Å². The number of ether oxygens (including phenoxy) is 3. The van der Waals surface area contributed by atoms with E-state index in [9.17, 15) is 24.4 Å². The third-order valence-corrected chi connectivity index (χ3v) is 6.99. The Labute approximate surface area is 235 Å². The van der Waals surface area contributed by atoms with Crippen LogP contribution < -0.4 is 4.74 Å². The third-order valence-electron chi connectivity index (χ3n) is 5.72. The van der Waals surface area contributed by atoms with Crippen molar-refractivity contribution in [1.82, 2.24) is 0 Å². The lowest BCUT2D eigenvalue weighted by Crippen LogP contribution is -2.12. The first-order chi connectivity index (χ1) is 19.2. The molecule has 0 radical (unpaired) electrons. The number of esters is 2. The largest absolute Gasteiger partial charge is 0.488 e. The Bertz CT molecular complexity index is 1490. The van der Waals surface area contributed by atoms with Gasteiger partial charge in [0.05, 0.1) is 29.9 Å². The van der Waals surface area contributed by atoms with E-state index in [0.29, 0.717) is 21.8 Å². The van der Waals surface area contributed by atoms with Crippen molar-refractivity contribution in [1.29, 1.82) is 5.26 Å². The Morgan fingerprint density at radius 2 is 1.62 bits per heavy atom. The molecule has 2 aromatic carbocycles. The monoisotopic (exact) mass is 561 g/mol. The van der Waals surface area contributed by atoms with Crippen molar-refractivity contribution in [3.8, 4) is 11.8 Å². The maximum atomic E-state index is 13.2. The lowest BCUT2D eigenvalue weighted by Gasteiger charge is -2.10. The van der Waals surface area contributed by atoms with Crippen LogP contribution in [0.4, 0.5) is 0 Å². The summed E-state index contributed by atoms with van der Waals surface area (Å²) in [6.45, 7) is 5.30. The van der Waals surface area contributed by atoms with Gasteiger partial charge in [-0.05, 0) is 56.2 Å². The Morgan fingerprint density at radius 3 is 2.25 bits per heavy atom. The van der Waals surface area contributed by atoms with E-state index in [1.54, 1.807) is 57.2 Å². The first-order valence-electron chi connectivity index (χ1n) is 12.4. The summed E-state index contributed by atoms with van der Waals surface area (Å²) < 4.78 is 16.1. The van der Waals surface area contributed by atoms with Gasteiger partial charge in [0.25, 0.3) is 0 Å². The molecule has 0 saturated heterocycles. The number of aromatic carboxylic acids is 1. The lowest BCUT2D eigenvalue weighted by atomic mass is 10.0. The van der Waals surface area contributed by atoms with E-state index in [1.165, 1.54) is 18.2 Å². The second kappa shape index (κ2) is 13.9. The molecular weight excluding hydrogens is 534 g/mol. The van der Waals surface area contributed by atoms with Crippen LogP contribution in [0.25, 0.3) is 6.08 Å². The molecule has 1 aromatic heterocycles. The van der Waals surface area contributed by atoms with Crippen LogP contribution in [0.5, 0.6) is 5.75 Å². The highest BCUT2D eigenvalue weighted by atomic mass is 32.1. The molecule has 3 rings (SSSR count). The van der Waals surface area contributed by atoms with Crippen LogP contribution in [-0.2, 0) is 27.3 Å². The highest BCUT2D eigenvalue weighted by Gasteiger charge is 2.28. The molecule has 0 atom stereocenters. The fourth-order valence-electron chi connectivity index (χ4n) is 3.77. The number of allylic oxidation sites excluding steroid dienone is 1. The quantitative estimate of drug-likeness (QED) is 0.175. The molecule has 1 N–H and O–H groups in total. The molecule has 1 heterocycles. The summed E-state index contributed by atoms with van der Waals surface area (Å²) in [7, 11) is 0. The van der Waals surface area contributed by atoms with Crippen LogP contribution in [-0.4, -0.2) is 42.0 Å². The number of carbonyl (C=O) groups is 4. The fraction of sp³-hybridized carbons (Fsp3) is 0.233. The van der Waals surface area contributed by atoms with Gasteiger partial charge >= 0.3 is 17.9 Å². The zero-order chi connectivity index (χ0) is 29.2. The Kier molecular flexibility index (Phi) is 10.3. The Morgan fingerprint density at radius 1 is 0.975 bits per heavy atom. The molecular formula is C30H27NO8S. The predicted molar refractivity (Wildman–Crippen MR) is 147 cm³/mol. The van der Waals surface area contributed by atoms with Crippen molar-refractivity contribution >= 4 is 41.1 Å². The molecule has 0 saturated carbocycles. The van der Waals surface area contributed by atoms with Gasteiger partial charge in [-0.2, -0.15) is 5.26 Å². The maximum Gasteiger partial charge on any atom is 0.348 e. The summed E-state index contributed by atoms with van der Waals surface area (Å²) in [6, 6.07) is 15.0. The van der Waals surface area contributed by atoms with Gasteiger partial charge in [0.1, 0.15) is 23.3 Å². The van der Waals surface area contributed by atoms with Gasteiger partial charge in [0.2, 0.25) is 0 Å². The summed E-state index contributed by atoms with van der Waals surface area (Å²) in [5, 5.41) is 18.9. The van der Waals surface area contributed by atoms with Crippen LogP contribution >= 0.6 is 11.3 Å². The topological polar surface area (TPSA) is 140 Å². The van der Waals surface area contributed by atoms with Gasteiger partial charge in [0, 0.05) is 16.9 Å². The molecule has 206 valence electrons. The molecule has 0 unspecified atom stereocenters. The van der Waals surface area contributed by atoms with E-state index in [2.05, 4.69) is 0 Å². The van der Waals surface area contributed by atoms with Crippen molar-refractivity contribution < 1.29 is 38.5 Å². The number of nitrogens with zero attached hydrogens (tertiary/aromatic N) is 1. The zero-order valence-electron chi connectivity index (χ0n) is 22.2. The van der Waals surface area contributed by atoms with Gasteiger partial charge in [-0.1, -0.05) is 30.3 Å². The van der Waals surface area contributed by atoms with Crippen LogP contribution in [0, 0.1) is 18.3 Å². The van der Waals surface area contributed by atoms with Crippen molar-refractivity contribution in [3.05, 3.63) is 91.7 Å². The fourth-order valence-corrected chi connectivity index (χ4v) is 4.95. The van der Waals surface area contributed by atoms with E-state index in [1.807, 2.05) is 6.07 Å². The second-order valence-electron chi connectivity index (χ2n) is 8.39. The van der Waals surface area contributed by atoms with E-state index >= 15 is 0 Å². The summed E-state index contributed by atoms with van der Waals surface area (Å²) >= 11 is 0.968. The summed E-state index contributed by atoms with van der Waals surface area (Å²) in [4.78, 5) is 49.9. The van der Waals surface area contributed by atoms with E-state index in [4.69, 9.17) is 19.3 Å². The van der Waals surface area contributed by atoms with Gasteiger partial charge < -0.3 is 19.3 Å². The minimum absolute atomic E-state index is 0.111. The number of benzene rings is 2. The van der Waals surface area contributed by atoms with E-state index in [-0.39, 0.29) is 47.8 Å². The average Bonchev–Trinajstić information content (AvgIpc) is 3.26. The highest BCUT2D eigenvalue weighted by Crippen LogP contribution is 2.31. The SMILES string of the molecule is CCOC(=O)c1sc(CC(=O)/C(C#N)=C/c2ccccc2OCc2ccc(C(=O)O)cc2)c(C(=O)OCC)c1C. The molecule has 0 spiro atoms. The minimum atomic E-state index is -1.03. The van der Waals surface area contributed by atoms with Crippen LogP contribution in [0.15, 0.2) is 54.1 Å². The van der Waals surface area contributed by atoms with Crippen molar-refractivity contribution in [3.63, 3.8) is 0 Å². The molecule has 0 fully saturated rings. The van der Waals surface area contributed by atoms with Gasteiger partial charge in [-0.3, -0.25) is 4.79 Å². The number of carbonyl (C=O) groups excluding carboxylic acids is 3. The number of carboxylic acid groups (broad SMARTS) is 1. The molecule has 0 aliphatic carbocycles. The number of thiophene rings is 1. The smallest absolute Gasteiger partial charge is 0.348 e. The van der Waals surface area contributed by atoms with Crippen molar-refractivity contribution in [2.24, 2.45) is 0 Å². The predicted octanol–water partition coefficient (Wildman–Crippen LogP) is 5.41. The zero-order valence-corrected chi connectivity index (χ0v) is 23.0. The normalized spacial score (nSPS) is 10.9. The Hall–Kier alpha value is -4.75.